The molecule has 1 aliphatic heterocycles. The number of halogens is 3. The minimum absolute atomic E-state index is 0. The maximum Gasteiger partial charge on any atom is 0.160 e. The van der Waals surface area contributed by atoms with Gasteiger partial charge in [0.2, 0.25) is 0 Å². The van der Waals surface area contributed by atoms with E-state index >= 15 is 0 Å². The molecule has 4 nitrogen and oxygen atoms in total. The number of likely N-dealkylation sites (tertiary alicyclic amines) is 1. The quantitative estimate of drug-likeness (QED) is 0.307. The van der Waals surface area contributed by atoms with Crippen LogP contribution in [0, 0.1) is 11.7 Å². The Morgan fingerprint density at radius 3 is 2.52 bits per heavy atom. The summed E-state index contributed by atoms with van der Waals surface area (Å²) in [7, 11) is 0. The molecular formula is C25H29Cl2FN4S. The first-order valence-corrected chi connectivity index (χ1v) is 11.9. The van der Waals surface area contributed by atoms with Crippen LogP contribution in [-0.2, 0) is 19.4 Å². The first-order chi connectivity index (χ1) is 15.2. The van der Waals surface area contributed by atoms with Gasteiger partial charge in [-0.15, -0.1) is 36.2 Å². The molecule has 1 aromatic carbocycles. The second-order valence-corrected chi connectivity index (χ2v) is 9.44. The summed E-state index contributed by atoms with van der Waals surface area (Å²) in [6.45, 7) is 4.14. The van der Waals surface area contributed by atoms with E-state index in [1.807, 2.05) is 41.8 Å². The lowest BCUT2D eigenvalue weighted by Crippen LogP contribution is -2.35. The zero-order valence-corrected chi connectivity index (χ0v) is 20.8. The van der Waals surface area contributed by atoms with Crippen LogP contribution in [0.5, 0.6) is 0 Å². The third-order valence-electron chi connectivity index (χ3n) is 6.27. The number of piperidine rings is 1. The van der Waals surface area contributed by atoms with Crippen molar-refractivity contribution in [1.82, 2.24) is 19.4 Å². The van der Waals surface area contributed by atoms with Crippen LogP contribution < -0.4 is 0 Å². The first kappa shape index (κ1) is 25.6. The van der Waals surface area contributed by atoms with Gasteiger partial charge < -0.3 is 9.47 Å². The normalized spacial score (nSPS) is 14.7. The summed E-state index contributed by atoms with van der Waals surface area (Å²) in [6.07, 6.45) is 6.36. The Bertz CT molecular complexity index is 1120. The smallest absolute Gasteiger partial charge is 0.160 e. The summed E-state index contributed by atoms with van der Waals surface area (Å²) >= 11 is 1.85. The fraction of sp³-hybridized carbons (Fsp3) is 0.360. The van der Waals surface area contributed by atoms with Gasteiger partial charge in [-0.3, -0.25) is 0 Å². The number of hydrogen-bond acceptors (Lipinski definition) is 4. The van der Waals surface area contributed by atoms with Gasteiger partial charge in [0.1, 0.15) is 17.2 Å². The van der Waals surface area contributed by atoms with Crippen molar-refractivity contribution >= 4 is 47.3 Å². The zero-order chi connectivity index (χ0) is 21.0. The number of thiophene rings is 1. The SMILES string of the molecule is Cl.Cl.Fc1ccc(Cn2c(CC3CCN(CCc4cccs4)CC3)nc3cccnc32)cc1. The van der Waals surface area contributed by atoms with Crippen LogP contribution in [0.15, 0.2) is 60.1 Å². The molecule has 0 spiro atoms. The standard InChI is InChI=1S/C25H27FN4S.2ClH/c26-21-7-5-20(6-8-21)18-30-24(28-23-4-1-12-27-25(23)30)17-19-9-13-29(14-10-19)15-11-22-3-2-16-31-22;;/h1-8,12,16,19H,9-11,13-15,17-18H2;2*1H. The number of aromatic nitrogens is 3. The predicted octanol–water partition coefficient (Wildman–Crippen LogP) is 6.02. The molecule has 0 aliphatic carbocycles. The van der Waals surface area contributed by atoms with Gasteiger partial charge in [-0.1, -0.05) is 18.2 Å². The Hall–Kier alpha value is -1.99. The lowest BCUT2D eigenvalue weighted by molar-refractivity contribution is 0.184. The van der Waals surface area contributed by atoms with E-state index < -0.39 is 0 Å². The molecule has 176 valence electrons. The molecule has 33 heavy (non-hydrogen) atoms. The topological polar surface area (TPSA) is 34.0 Å². The number of fused-ring (bicyclic) bond motifs is 1. The van der Waals surface area contributed by atoms with Gasteiger partial charge in [-0.25, -0.2) is 14.4 Å². The molecule has 0 radical (unpaired) electrons. The van der Waals surface area contributed by atoms with Crippen LogP contribution in [0.4, 0.5) is 4.39 Å². The van der Waals surface area contributed by atoms with Gasteiger partial charge >= 0.3 is 0 Å². The van der Waals surface area contributed by atoms with E-state index in [-0.39, 0.29) is 30.6 Å². The van der Waals surface area contributed by atoms with Crippen molar-refractivity contribution in [2.24, 2.45) is 5.92 Å². The number of imidazole rings is 1. The minimum Gasteiger partial charge on any atom is -0.308 e. The van der Waals surface area contributed by atoms with Crippen LogP contribution in [0.3, 0.4) is 0 Å². The van der Waals surface area contributed by atoms with Gasteiger partial charge in [0.25, 0.3) is 0 Å². The van der Waals surface area contributed by atoms with E-state index in [1.165, 1.54) is 29.9 Å². The maximum atomic E-state index is 13.3. The van der Waals surface area contributed by atoms with Gasteiger partial charge in [-0.2, -0.15) is 0 Å². The van der Waals surface area contributed by atoms with Crippen LogP contribution in [0.1, 0.15) is 29.1 Å². The van der Waals surface area contributed by atoms with E-state index in [1.54, 1.807) is 0 Å². The van der Waals surface area contributed by atoms with E-state index in [4.69, 9.17) is 4.98 Å². The van der Waals surface area contributed by atoms with Crippen molar-refractivity contribution in [3.63, 3.8) is 0 Å². The summed E-state index contributed by atoms with van der Waals surface area (Å²) in [6, 6.07) is 15.1. The molecule has 0 saturated carbocycles. The van der Waals surface area contributed by atoms with Crippen LogP contribution in [-0.4, -0.2) is 39.1 Å². The molecule has 0 unspecified atom stereocenters. The highest BCUT2D eigenvalue weighted by Gasteiger charge is 2.22. The van der Waals surface area contributed by atoms with Crippen molar-refractivity contribution in [2.75, 3.05) is 19.6 Å². The summed E-state index contributed by atoms with van der Waals surface area (Å²) in [5, 5.41) is 2.16. The highest BCUT2D eigenvalue weighted by molar-refractivity contribution is 7.09. The molecule has 0 N–H and O–H groups in total. The van der Waals surface area contributed by atoms with E-state index in [2.05, 4.69) is 32.0 Å². The monoisotopic (exact) mass is 506 g/mol. The van der Waals surface area contributed by atoms with E-state index in [0.717, 1.165) is 55.0 Å². The highest BCUT2D eigenvalue weighted by atomic mass is 35.5. The van der Waals surface area contributed by atoms with Gasteiger partial charge in [0.15, 0.2) is 5.65 Å². The Kier molecular flexibility index (Phi) is 9.27. The molecule has 0 bridgehead atoms. The molecule has 8 heteroatoms. The lowest BCUT2D eigenvalue weighted by Gasteiger charge is -2.31. The molecule has 0 atom stereocenters. The number of hydrogen-bond donors (Lipinski definition) is 0. The Labute approximate surface area is 210 Å². The molecule has 5 rings (SSSR count). The maximum absolute atomic E-state index is 13.3. The number of benzene rings is 1. The Morgan fingerprint density at radius 1 is 1.00 bits per heavy atom. The largest absolute Gasteiger partial charge is 0.308 e. The number of rotatable bonds is 7. The summed E-state index contributed by atoms with van der Waals surface area (Å²) < 4.78 is 15.6. The van der Waals surface area contributed by atoms with Crippen molar-refractivity contribution in [2.45, 2.75) is 32.2 Å². The molecule has 3 aromatic heterocycles. The van der Waals surface area contributed by atoms with Crippen LogP contribution in [0.25, 0.3) is 11.2 Å². The average molecular weight is 508 g/mol. The Morgan fingerprint density at radius 2 is 1.79 bits per heavy atom. The molecule has 4 aromatic rings. The van der Waals surface area contributed by atoms with E-state index in [9.17, 15) is 4.39 Å². The summed E-state index contributed by atoms with van der Waals surface area (Å²) in [5.74, 6) is 1.53. The molecule has 1 fully saturated rings. The van der Waals surface area contributed by atoms with Gasteiger partial charge in [-0.05, 0) is 79.5 Å². The van der Waals surface area contributed by atoms with Gasteiger partial charge in [0.05, 0.1) is 6.54 Å². The second kappa shape index (κ2) is 11.9. The number of pyridine rings is 1. The molecule has 0 amide bonds. The molecule has 1 aliphatic rings. The molecule has 4 heterocycles. The fourth-order valence-electron chi connectivity index (χ4n) is 4.50. The van der Waals surface area contributed by atoms with E-state index in [0.29, 0.717) is 12.5 Å². The number of nitrogens with zero attached hydrogens (tertiary/aromatic N) is 4. The second-order valence-electron chi connectivity index (χ2n) is 8.41. The minimum atomic E-state index is -0.205. The van der Waals surface area contributed by atoms with Crippen LogP contribution in [0.2, 0.25) is 0 Å². The predicted molar refractivity (Wildman–Crippen MR) is 138 cm³/mol. The highest BCUT2D eigenvalue weighted by Crippen LogP contribution is 2.25. The lowest BCUT2D eigenvalue weighted by atomic mass is 9.93. The van der Waals surface area contributed by atoms with Gasteiger partial charge in [0, 0.05) is 24.0 Å². The van der Waals surface area contributed by atoms with Crippen molar-refractivity contribution in [3.05, 3.63) is 82.2 Å². The molecule has 1 saturated heterocycles. The third-order valence-corrected chi connectivity index (χ3v) is 7.21. The fourth-order valence-corrected chi connectivity index (χ4v) is 5.19. The van der Waals surface area contributed by atoms with Crippen LogP contribution >= 0.6 is 36.2 Å². The summed E-state index contributed by atoms with van der Waals surface area (Å²) in [4.78, 5) is 13.6. The first-order valence-electron chi connectivity index (χ1n) is 11.0. The summed E-state index contributed by atoms with van der Waals surface area (Å²) in [5.41, 5.74) is 2.92. The third kappa shape index (κ3) is 6.33. The zero-order valence-electron chi connectivity index (χ0n) is 18.4. The average Bonchev–Trinajstić information content (AvgIpc) is 3.43. The Balaban J connectivity index is 0.00000153. The van der Waals surface area contributed by atoms with Crippen molar-refractivity contribution in [1.29, 1.82) is 0 Å². The van der Waals surface area contributed by atoms with Crippen molar-refractivity contribution in [3.8, 4) is 0 Å². The molecular weight excluding hydrogens is 478 g/mol. The van der Waals surface area contributed by atoms with Crippen molar-refractivity contribution < 1.29 is 4.39 Å².